The number of benzene rings is 1. The second-order valence-electron chi connectivity index (χ2n) is 4.47. The van der Waals surface area contributed by atoms with Gasteiger partial charge in [0.05, 0.1) is 13.3 Å². The summed E-state index contributed by atoms with van der Waals surface area (Å²) in [6.07, 6.45) is 3.21. The van der Waals surface area contributed by atoms with Crippen molar-refractivity contribution in [2.45, 2.75) is 6.92 Å². The Kier molecular flexibility index (Phi) is 5.45. The number of H-pyrrole nitrogens is 1. The first kappa shape index (κ1) is 16.2. The van der Waals surface area contributed by atoms with Crippen LogP contribution in [0.5, 0.6) is 11.5 Å². The molecule has 2 rings (SSSR count). The van der Waals surface area contributed by atoms with Gasteiger partial charge in [-0.25, -0.2) is 5.43 Å². The summed E-state index contributed by atoms with van der Waals surface area (Å²) >= 11 is 0. The summed E-state index contributed by atoms with van der Waals surface area (Å²) in [4.78, 5) is 13.9. The van der Waals surface area contributed by atoms with E-state index < -0.39 is 0 Å². The van der Waals surface area contributed by atoms with Crippen LogP contribution in [0.15, 0.2) is 40.8 Å². The minimum atomic E-state index is -0.317. The largest absolute Gasteiger partial charge is 0.493 e. The Morgan fingerprint density at radius 2 is 2.22 bits per heavy atom. The van der Waals surface area contributed by atoms with Crippen LogP contribution in [0.3, 0.4) is 0 Å². The third-order valence-electron chi connectivity index (χ3n) is 2.79. The number of methoxy groups -OCH3 is 1. The van der Waals surface area contributed by atoms with Gasteiger partial charge in [0.25, 0.3) is 5.56 Å². The number of ether oxygens (including phenoxy) is 2. The fourth-order valence-electron chi connectivity index (χ4n) is 1.64. The number of aromatic nitrogens is 3. The summed E-state index contributed by atoms with van der Waals surface area (Å²) in [6, 6.07) is 5.36. The monoisotopic (exact) mass is 315 g/mol. The van der Waals surface area contributed by atoms with Crippen molar-refractivity contribution >= 4 is 12.2 Å². The second-order valence-corrected chi connectivity index (χ2v) is 4.47. The van der Waals surface area contributed by atoms with Gasteiger partial charge in [0.1, 0.15) is 12.3 Å². The molecule has 0 saturated carbocycles. The third-order valence-corrected chi connectivity index (χ3v) is 2.79. The van der Waals surface area contributed by atoms with E-state index in [1.165, 1.54) is 0 Å². The van der Waals surface area contributed by atoms with E-state index in [0.29, 0.717) is 23.8 Å². The van der Waals surface area contributed by atoms with Gasteiger partial charge in [-0.1, -0.05) is 12.7 Å². The molecule has 1 heterocycles. The highest BCUT2D eigenvalue weighted by molar-refractivity contribution is 5.81. The molecule has 0 radical (unpaired) electrons. The third kappa shape index (κ3) is 4.40. The van der Waals surface area contributed by atoms with Gasteiger partial charge in [-0.2, -0.15) is 5.10 Å². The van der Waals surface area contributed by atoms with Gasteiger partial charge >= 0.3 is 0 Å². The number of aromatic amines is 1. The average molecular weight is 315 g/mol. The van der Waals surface area contributed by atoms with Crippen LogP contribution in [0.1, 0.15) is 11.3 Å². The first-order valence-electron chi connectivity index (χ1n) is 6.78. The van der Waals surface area contributed by atoms with Gasteiger partial charge in [0.2, 0.25) is 5.95 Å². The Balaban J connectivity index is 2.08. The lowest BCUT2D eigenvalue weighted by atomic mass is 10.2. The molecule has 8 nitrogen and oxygen atoms in total. The number of rotatable bonds is 7. The molecule has 0 bridgehead atoms. The van der Waals surface area contributed by atoms with Crippen molar-refractivity contribution in [1.29, 1.82) is 0 Å². The first-order valence-corrected chi connectivity index (χ1v) is 6.78. The van der Waals surface area contributed by atoms with E-state index in [-0.39, 0.29) is 11.5 Å². The molecule has 0 atom stereocenters. The van der Waals surface area contributed by atoms with Crippen LogP contribution >= 0.6 is 0 Å². The Morgan fingerprint density at radius 1 is 1.39 bits per heavy atom. The van der Waals surface area contributed by atoms with E-state index in [4.69, 9.17) is 9.47 Å². The van der Waals surface area contributed by atoms with Crippen molar-refractivity contribution in [3.63, 3.8) is 0 Å². The predicted molar refractivity (Wildman–Crippen MR) is 87.3 cm³/mol. The number of anilines is 1. The SMILES string of the molecule is C=CCOc1ccc(/C=N\Nc2nnc(C)c(=O)[nH]2)cc1OC. The van der Waals surface area contributed by atoms with Crippen LogP contribution in [-0.4, -0.2) is 35.1 Å². The zero-order valence-electron chi connectivity index (χ0n) is 12.9. The highest BCUT2D eigenvalue weighted by Gasteiger charge is 2.04. The van der Waals surface area contributed by atoms with Crippen molar-refractivity contribution in [2.75, 3.05) is 19.1 Å². The van der Waals surface area contributed by atoms with Crippen molar-refractivity contribution in [3.8, 4) is 11.5 Å². The Bertz CT molecular complexity index is 770. The number of hydrogen-bond acceptors (Lipinski definition) is 7. The molecular weight excluding hydrogens is 298 g/mol. The van der Waals surface area contributed by atoms with Gasteiger partial charge < -0.3 is 9.47 Å². The number of hydrogen-bond donors (Lipinski definition) is 2. The quantitative estimate of drug-likeness (QED) is 0.456. The van der Waals surface area contributed by atoms with E-state index in [9.17, 15) is 4.79 Å². The van der Waals surface area contributed by atoms with Gasteiger partial charge in [-0.15, -0.1) is 10.2 Å². The summed E-state index contributed by atoms with van der Waals surface area (Å²) < 4.78 is 10.7. The molecule has 0 aliphatic heterocycles. The van der Waals surface area contributed by atoms with Gasteiger partial charge in [0, 0.05) is 0 Å². The maximum Gasteiger partial charge on any atom is 0.274 e. The van der Waals surface area contributed by atoms with E-state index in [0.717, 1.165) is 5.56 Å². The topological polar surface area (TPSA) is 101 Å². The molecule has 2 aromatic rings. The minimum absolute atomic E-state index is 0.162. The minimum Gasteiger partial charge on any atom is -0.493 e. The smallest absolute Gasteiger partial charge is 0.274 e. The van der Waals surface area contributed by atoms with E-state index in [1.54, 1.807) is 38.5 Å². The summed E-state index contributed by atoms with van der Waals surface area (Å²) in [5.74, 6) is 1.36. The zero-order valence-corrected chi connectivity index (χ0v) is 12.9. The standard InChI is InChI=1S/C15H17N5O3/c1-4-7-23-12-6-5-11(8-13(12)22-3)9-16-19-15-17-14(21)10(2)18-20-15/h4-6,8-9H,1,7H2,2-3H3,(H2,17,19,20,21)/b16-9-. The fourth-order valence-corrected chi connectivity index (χ4v) is 1.64. The maximum atomic E-state index is 11.4. The number of nitrogens with zero attached hydrogens (tertiary/aromatic N) is 3. The van der Waals surface area contributed by atoms with E-state index >= 15 is 0 Å². The lowest BCUT2D eigenvalue weighted by Crippen LogP contribution is -2.15. The van der Waals surface area contributed by atoms with Crippen molar-refractivity contribution in [3.05, 3.63) is 52.5 Å². The van der Waals surface area contributed by atoms with E-state index in [2.05, 4.69) is 32.3 Å². The Labute approximate surface area is 132 Å². The summed E-state index contributed by atoms with van der Waals surface area (Å²) in [5, 5.41) is 11.5. The summed E-state index contributed by atoms with van der Waals surface area (Å²) in [6.45, 7) is 5.56. The lowest BCUT2D eigenvalue weighted by Gasteiger charge is -2.09. The maximum absolute atomic E-state index is 11.4. The molecule has 120 valence electrons. The summed E-state index contributed by atoms with van der Waals surface area (Å²) in [5.41, 5.74) is 3.36. The second kappa shape index (κ2) is 7.74. The fraction of sp³-hybridized carbons (Fsp3) is 0.200. The van der Waals surface area contributed by atoms with Gasteiger partial charge in [-0.05, 0) is 30.7 Å². The molecule has 1 aromatic heterocycles. The zero-order chi connectivity index (χ0) is 16.7. The van der Waals surface area contributed by atoms with Crippen LogP contribution in [0, 0.1) is 6.92 Å². The molecule has 0 saturated heterocycles. The average Bonchev–Trinajstić information content (AvgIpc) is 2.56. The van der Waals surface area contributed by atoms with Crippen LogP contribution in [0.2, 0.25) is 0 Å². The van der Waals surface area contributed by atoms with Crippen molar-refractivity contribution < 1.29 is 9.47 Å². The molecule has 1 aromatic carbocycles. The molecule has 8 heteroatoms. The molecule has 0 aliphatic carbocycles. The number of aryl methyl sites for hydroxylation is 1. The Hall–Kier alpha value is -3.16. The van der Waals surface area contributed by atoms with Gasteiger partial charge in [0.15, 0.2) is 11.5 Å². The Morgan fingerprint density at radius 3 is 2.91 bits per heavy atom. The molecule has 0 amide bonds. The predicted octanol–water partition coefficient (Wildman–Crippen LogP) is 1.49. The van der Waals surface area contributed by atoms with E-state index in [1.807, 2.05) is 6.07 Å². The highest BCUT2D eigenvalue weighted by Crippen LogP contribution is 2.27. The summed E-state index contributed by atoms with van der Waals surface area (Å²) in [7, 11) is 1.56. The lowest BCUT2D eigenvalue weighted by molar-refractivity contribution is 0.326. The van der Waals surface area contributed by atoms with Crippen LogP contribution in [-0.2, 0) is 0 Å². The molecule has 23 heavy (non-hydrogen) atoms. The van der Waals surface area contributed by atoms with Crippen molar-refractivity contribution in [2.24, 2.45) is 5.10 Å². The number of nitrogens with one attached hydrogen (secondary N) is 2. The molecule has 0 unspecified atom stereocenters. The van der Waals surface area contributed by atoms with Crippen LogP contribution in [0.4, 0.5) is 5.95 Å². The van der Waals surface area contributed by atoms with Gasteiger partial charge in [-0.3, -0.25) is 9.78 Å². The molecule has 0 fully saturated rings. The van der Waals surface area contributed by atoms with Crippen molar-refractivity contribution in [1.82, 2.24) is 15.2 Å². The molecule has 0 aliphatic rings. The molecule has 2 N–H and O–H groups in total. The number of hydrazone groups is 1. The van der Waals surface area contributed by atoms with Crippen LogP contribution < -0.4 is 20.5 Å². The molecular formula is C15H17N5O3. The highest BCUT2D eigenvalue weighted by atomic mass is 16.5. The molecule has 0 spiro atoms. The normalized spacial score (nSPS) is 10.5. The van der Waals surface area contributed by atoms with Crippen LogP contribution in [0.25, 0.3) is 0 Å². The first-order chi connectivity index (χ1) is 11.1.